The van der Waals surface area contributed by atoms with Gasteiger partial charge in [0.1, 0.15) is 19.3 Å². The number of aliphatic hydroxyl groups is 1. The molecule has 104 heavy (non-hydrogen) atoms. The largest absolute Gasteiger partial charge is 0.472 e. The molecule has 0 aliphatic heterocycles. The van der Waals surface area contributed by atoms with Crippen molar-refractivity contribution in [1.82, 2.24) is 0 Å². The molecule has 0 aliphatic rings. The molecular formula is C85H166O17P2. The molecule has 3 N–H and O–H groups in total. The maximum atomic E-state index is 13.1. The minimum atomic E-state index is -4.96. The molecule has 0 heterocycles. The summed E-state index contributed by atoms with van der Waals surface area (Å²) >= 11 is 0. The third-order valence-corrected chi connectivity index (χ3v) is 21.9. The first-order chi connectivity index (χ1) is 50.4. The third-order valence-electron chi connectivity index (χ3n) is 20.0. The molecule has 0 aromatic carbocycles. The van der Waals surface area contributed by atoms with E-state index in [1.807, 2.05) is 0 Å². The van der Waals surface area contributed by atoms with Gasteiger partial charge in [-0.2, -0.15) is 0 Å². The van der Waals surface area contributed by atoms with Crippen LogP contribution in [0.3, 0.4) is 0 Å². The molecule has 0 fully saturated rings. The number of rotatable bonds is 84. The summed E-state index contributed by atoms with van der Waals surface area (Å²) in [7, 11) is -9.92. The van der Waals surface area contributed by atoms with Gasteiger partial charge < -0.3 is 33.8 Å². The number of hydrogen-bond donors (Lipinski definition) is 3. The highest BCUT2D eigenvalue weighted by molar-refractivity contribution is 7.47. The van der Waals surface area contributed by atoms with Crippen molar-refractivity contribution in [2.45, 2.75) is 471 Å². The Morgan fingerprint density at radius 1 is 0.260 bits per heavy atom. The Morgan fingerprint density at radius 3 is 0.654 bits per heavy atom. The Balaban J connectivity index is 5.21. The molecule has 0 spiro atoms. The summed E-state index contributed by atoms with van der Waals surface area (Å²) in [4.78, 5) is 73.1. The van der Waals surface area contributed by atoms with Crippen LogP contribution in [0.15, 0.2) is 0 Å². The number of ether oxygens (including phenoxy) is 4. The molecule has 0 aromatic rings. The second-order valence-electron chi connectivity index (χ2n) is 31.5. The van der Waals surface area contributed by atoms with Crippen LogP contribution in [0, 0.1) is 11.8 Å². The zero-order valence-electron chi connectivity index (χ0n) is 68.3. The number of esters is 4. The minimum Gasteiger partial charge on any atom is -0.462 e. The molecule has 17 nitrogen and oxygen atoms in total. The van der Waals surface area contributed by atoms with Crippen LogP contribution >= 0.6 is 15.6 Å². The summed E-state index contributed by atoms with van der Waals surface area (Å²) in [5.41, 5.74) is 0. The van der Waals surface area contributed by atoms with Crippen molar-refractivity contribution in [2.24, 2.45) is 11.8 Å². The molecule has 0 rings (SSSR count). The van der Waals surface area contributed by atoms with Crippen molar-refractivity contribution in [1.29, 1.82) is 0 Å². The van der Waals surface area contributed by atoms with Gasteiger partial charge >= 0.3 is 39.5 Å². The molecule has 0 bridgehead atoms. The van der Waals surface area contributed by atoms with Crippen LogP contribution in [0.5, 0.6) is 0 Å². The van der Waals surface area contributed by atoms with Crippen LogP contribution in [-0.4, -0.2) is 96.7 Å². The molecule has 0 radical (unpaired) electrons. The highest BCUT2D eigenvalue weighted by atomic mass is 31.2. The van der Waals surface area contributed by atoms with Crippen LogP contribution in [0.2, 0.25) is 0 Å². The summed E-state index contributed by atoms with van der Waals surface area (Å²) in [6.45, 7) is 9.61. The molecular weight excluding hydrogens is 1350 g/mol. The summed E-state index contributed by atoms with van der Waals surface area (Å²) < 4.78 is 68.8. The second kappa shape index (κ2) is 76.4. The number of phosphoric acid groups is 2. The third kappa shape index (κ3) is 78.2. The molecule has 0 aromatic heterocycles. The molecule has 2 unspecified atom stereocenters. The minimum absolute atomic E-state index is 0.107. The maximum absolute atomic E-state index is 13.1. The fourth-order valence-corrected chi connectivity index (χ4v) is 14.8. The number of aliphatic hydroxyl groups excluding tert-OH is 1. The Kier molecular flexibility index (Phi) is 75.0. The topological polar surface area (TPSA) is 237 Å². The van der Waals surface area contributed by atoms with Crippen LogP contribution in [0.4, 0.5) is 0 Å². The van der Waals surface area contributed by atoms with E-state index in [-0.39, 0.29) is 25.7 Å². The van der Waals surface area contributed by atoms with Gasteiger partial charge in [0.15, 0.2) is 12.2 Å². The van der Waals surface area contributed by atoms with E-state index in [9.17, 15) is 43.2 Å². The Hall–Kier alpha value is -1.94. The van der Waals surface area contributed by atoms with Gasteiger partial charge in [-0.1, -0.05) is 401 Å². The molecule has 0 aliphatic carbocycles. The van der Waals surface area contributed by atoms with Gasteiger partial charge in [0.25, 0.3) is 0 Å². The lowest BCUT2D eigenvalue weighted by Gasteiger charge is -2.21. The summed E-state index contributed by atoms with van der Waals surface area (Å²) in [5.74, 6) is -0.614. The number of phosphoric ester groups is 2. The zero-order valence-corrected chi connectivity index (χ0v) is 70.1. The fourth-order valence-electron chi connectivity index (χ4n) is 13.2. The molecule has 0 amide bonds. The first-order valence-corrected chi connectivity index (χ1v) is 47.0. The van der Waals surface area contributed by atoms with Crippen LogP contribution in [0.1, 0.15) is 452 Å². The first-order valence-electron chi connectivity index (χ1n) is 44.0. The lowest BCUT2D eigenvalue weighted by atomic mass is 10.0. The second-order valence-corrected chi connectivity index (χ2v) is 34.4. The van der Waals surface area contributed by atoms with E-state index in [1.54, 1.807) is 0 Å². The number of unbranched alkanes of at least 4 members (excludes halogenated alkanes) is 54. The summed E-state index contributed by atoms with van der Waals surface area (Å²) in [6.07, 6.45) is 68.3. The van der Waals surface area contributed by atoms with Gasteiger partial charge in [-0.25, -0.2) is 9.13 Å². The van der Waals surface area contributed by atoms with E-state index in [4.69, 9.17) is 37.0 Å². The molecule has 5 atom stereocenters. The molecule has 618 valence electrons. The van der Waals surface area contributed by atoms with Crippen LogP contribution in [-0.2, 0) is 65.4 Å². The van der Waals surface area contributed by atoms with Crippen molar-refractivity contribution in [3.8, 4) is 0 Å². The Bertz CT molecular complexity index is 1990. The van der Waals surface area contributed by atoms with Crippen molar-refractivity contribution >= 4 is 39.5 Å². The molecule has 0 saturated heterocycles. The monoisotopic (exact) mass is 1520 g/mol. The quantitative estimate of drug-likeness (QED) is 0.0222. The van der Waals surface area contributed by atoms with Gasteiger partial charge in [-0.05, 0) is 37.5 Å². The van der Waals surface area contributed by atoms with Gasteiger partial charge in [-0.3, -0.25) is 37.3 Å². The Morgan fingerprint density at radius 2 is 0.442 bits per heavy atom. The van der Waals surface area contributed by atoms with Gasteiger partial charge in [-0.15, -0.1) is 0 Å². The maximum Gasteiger partial charge on any atom is 0.472 e. The number of hydrogen-bond acceptors (Lipinski definition) is 15. The highest BCUT2D eigenvalue weighted by Crippen LogP contribution is 2.45. The predicted octanol–water partition coefficient (Wildman–Crippen LogP) is 25.8. The lowest BCUT2D eigenvalue weighted by Crippen LogP contribution is -2.30. The van der Waals surface area contributed by atoms with Crippen molar-refractivity contribution in [3.63, 3.8) is 0 Å². The summed E-state index contributed by atoms with van der Waals surface area (Å²) in [5, 5.41) is 10.7. The van der Waals surface area contributed by atoms with Crippen LogP contribution < -0.4 is 0 Å². The van der Waals surface area contributed by atoms with E-state index in [1.165, 1.54) is 263 Å². The Labute approximate surface area is 638 Å². The van der Waals surface area contributed by atoms with Gasteiger partial charge in [0, 0.05) is 25.7 Å². The highest BCUT2D eigenvalue weighted by Gasteiger charge is 2.30. The fraction of sp³-hybridized carbons (Fsp3) is 0.953. The zero-order chi connectivity index (χ0) is 76.4. The number of carbonyl (C=O) groups is 4. The average Bonchev–Trinajstić information content (AvgIpc) is 0.903. The standard InChI is InChI=1S/C85H166O17P2/c1-7-9-11-13-15-17-19-21-23-24-25-26-27-28-34-38-42-46-50-58-64-69-84(89)101-80(73-95-82(87)67-61-55-48-44-40-36-33-30-29-32-35-39-43-47-53-59-65-77(3)4)75-99-103(91,92)97-71-79(86)72-98-104(93,94)100-76-81(74-96-83(88)68-62-56-52-51-54-60-66-78(5)6)102-85(90)70-63-57-49-45-41-37-31-22-20-18-16-14-12-10-8-2/h77-81,86H,7-76H2,1-6H3,(H,91,92)(H,93,94)/t79-,80-,81-/m1/s1. The van der Waals surface area contributed by atoms with Crippen molar-refractivity contribution < 1.29 is 80.2 Å². The van der Waals surface area contributed by atoms with Crippen LogP contribution in [0.25, 0.3) is 0 Å². The van der Waals surface area contributed by atoms with E-state index in [0.717, 1.165) is 102 Å². The van der Waals surface area contributed by atoms with Gasteiger partial charge in [0.2, 0.25) is 0 Å². The predicted molar refractivity (Wildman–Crippen MR) is 428 cm³/mol. The average molecular weight is 1520 g/mol. The molecule has 19 heteroatoms. The number of carbonyl (C=O) groups excluding carboxylic acids is 4. The smallest absolute Gasteiger partial charge is 0.462 e. The summed E-state index contributed by atoms with van der Waals surface area (Å²) in [6, 6.07) is 0. The van der Waals surface area contributed by atoms with Gasteiger partial charge in [0.05, 0.1) is 26.4 Å². The normalized spacial score (nSPS) is 13.8. The SMILES string of the molecule is CCCCCCCCCCCCCCCCCCCCCCCC(=O)O[C@H](COC(=O)CCCCCCCCCCCCCCCCCCC(C)C)COP(=O)(O)OC[C@@H](O)COP(=O)(O)OC[C@@H](COC(=O)CCCCCCCCC(C)C)OC(=O)CCCCCCCCCCCCCCCCC. The lowest BCUT2D eigenvalue weighted by molar-refractivity contribution is -0.161. The van der Waals surface area contributed by atoms with Crippen molar-refractivity contribution in [3.05, 3.63) is 0 Å². The van der Waals surface area contributed by atoms with E-state index in [2.05, 4.69) is 41.5 Å². The van der Waals surface area contributed by atoms with E-state index < -0.39 is 97.5 Å². The van der Waals surface area contributed by atoms with E-state index in [0.29, 0.717) is 31.6 Å². The first kappa shape index (κ1) is 102. The molecule has 0 saturated carbocycles. The van der Waals surface area contributed by atoms with Crippen molar-refractivity contribution in [2.75, 3.05) is 39.6 Å². The van der Waals surface area contributed by atoms with E-state index >= 15 is 0 Å².